The lowest BCUT2D eigenvalue weighted by atomic mass is 9.99. The summed E-state index contributed by atoms with van der Waals surface area (Å²) in [5, 5.41) is 0. The zero-order chi connectivity index (χ0) is 22.9. The first kappa shape index (κ1) is 23.1. The van der Waals surface area contributed by atoms with Gasteiger partial charge < -0.3 is 14.4 Å². The maximum absolute atomic E-state index is 13.6. The zero-order valence-corrected chi connectivity index (χ0v) is 19.5. The van der Waals surface area contributed by atoms with Crippen LogP contribution in [0.25, 0.3) is 0 Å². The molecule has 2 aliphatic heterocycles. The highest BCUT2D eigenvalue weighted by molar-refractivity contribution is 7.89. The number of halogens is 1. The number of rotatable bonds is 6. The average molecular weight is 464 g/mol. The molecule has 0 radical (unpaired) electrons. The number of hydrogen-bond acceptors (Lipinski definition) is 6. The third-order valence-electron chi connectivity index (χ3n) is 6.36. The van der Waals surface area contributed by atoms with Crippen LogP contribution < -0.4 is 4.90 Å². The molecule has 1 unspecified atom stereocenters. The number of piperazine rings is 1. The van der Waals surface area contributed by atoms with Crippen LogP contribution in [0.5, 0.6) is 0 Å². The van der Waals surface area contributed by atoms with Gasteiger partial charge >= 0.3 is 0 Å². The molecule has 174 valence electrons. The second-order valence-corrected chi connectivity index (χ2v) is 9.92. The molecule has 0 spiro atoms. The maximum atomic E-state index is 13.6. The van der Waals surface area contributed by atoms with E-state index in [2.05, 4.69) is 9.80 Å². The van der Waals surface area contributed by atoms with Gasteiger partial charge in [0, 0.05) is 58.2 Å². The molecule has 0 N–H and O–H groups in total. The Morgan fingerprint density at radius 1 is 1.00 bits per heavy atom. The molecule has 0 saturated carbocycles. The van der Waals surface area contributed by atoms with Crippen molar-refractivity contribution in [1.29, 1.82) is 0 Å². The molecule has 1 fully saturated rings. The van der Waals surface area contributed by atoms with Gasteiger partial charge in [-0.15, -0.1) is 0 Å². The van der Waals surface area contributed by atoms with E-state index in [9.17, 15) is 12.8 Å². The van der Waals surface area contributed by atoms with Crippen LogP contribution in [0, 0.1) is 5.82 Å². The van der Waals surface area contributed by atoms with Crippen LogP contribution in [0.4, 0.5) is 10.1 Å². The summed E-state index contributed by atoms with van der Waals surface area (Å²) < 4.78 is 54.1. The summed E-state index contributed by atoms with van der Waals surface area (Å²) in [5.74, 6) is -1.52. The standard InChI is InChI=1S/C23H30FN3O4S/c1-4-13-27-22(26-16-14-25(15-17-26)19-11-9-18(24)10-12-19)23(30-2,31-3)20-7-5-6-8-21(20)32(27,28)29/h5-12,22H,4,13-17H2,1-3H3. The summed E-state index contributed by atoms with van der Waals surface area (Å²) in [7, 11) is -0.610. The molecular weight excluding hydrogens is 433 g/mol. The molecule has 32 heavy (non-hydrogen) atoms. The number of ether oxygens (including phenoxy) is 2. The van der Waals surface area contributed by atoms with Crippen LogP contribution in [0.2, 0.25) is 0 Å². The number of nitrogens with zero attached hydrogens (tertiary/aromatic N) is 3. The van der Waals surface area contributed by atoms with Gasteiger partial charge in [-0.25, -0.2) is 12.8 Å². The largest absolute Gasteiger partial charge is 0.369 e. The van der Waals surface area contributed by atoms with Crippen molar-refractivity contribution in [3.05, 3.63) is 59.9 Å². The van der Waals surface area contributed by atoms with Crippen molar-refractivity contribution in [2.45, 2.75) is 30.2 Å². The minimum Gasteiger partial charge on any atom is -0.369 e. The summed E-state index contributed by atoms with van der Waals surface area (Å²) in [5.41, 5.74) is 1.46. The van der Waals surface area contributed by atoms with Crippen molar-refractivity contribution >= 4 is 15.7 Å². The molecule has 0 bridgehead atoms. The van der Waals surface area contributed by atoms with E-state index in [0.29, 0.717) is 44.7 Å². The molecule has 7 nitrogen and oxygen atoms in total. The van der Waals surface area contributed by atoms with Crippen molar-refractivity contribution in [2.75, 3.05) is 51.8 Å². The van der Waals surface area contributed by atoms with Crippen LogP contribution in [-0.2, 0) is 25.3 Å². The smallest absolute Gasteiger partial charge is 0.245 e. The Bertz CT molecular complexity index is 1040. The van der Waals surface area contributed by atoms with Gasteiger partial charge in [-0.2, -0.15) is 4.31 Å². The normalized spacial score (nSPS) is 23.1. The van der Waals surface area contributed by atoms with E-state index in [1.165, 1.54) is 16.4 Å². The Kier molecular flexibility index (Phi) is 6.56. The fourth-order valence-corrected chi connectivity index (χ4v) is 6.79. The van der Waals surface area contributed by atoms with Gasteiger partial charge in [0.25, 0.3) is 0 Å². The van der Waals surface area contributed by atoms with Crippen molar-refractivity contribution in [3.63, 3.8) is 0 Å². The molecule has 2 heterocycles. The molecular formula is C23H30FN3O4S. The number of fused-ring (bicyclic) bond motifs is 1. The molecule has 2 aromatic carbocycles. The number of anilines is 1. The highest BCUT2D eigenvalue weighted by Crippen LogP contribution is 2.45. The van der Waals surface area contributed by atoms with E-state index >= 15 is 0 Å². The van der Waals surface area contributed by atoms with Crippen LogP contribution in [-0.4, -0.2) is 70.7 Å². The molecule has 2 aromatic rings. The fourth-order valence-electron chi connectivity index (χ4n) is 4.84. The lowest BCUT2D eigenvalue weighted by Crippen LogP contribution is -2.68. The minimum atomic E-state index is -3.73. The number of hydrogen-bond donors (Lipinski definition) is 0. The van der Waals surface area contributed by atoms with Crippen LogP contribution in [0.3, 0.4) is 0 Å². The van der Waals surface area contributed by atoms with Crippen molar-refractivity contribution in [1.82, 2.24) is 9.21 Å². The highest BCUT2D eigenvalue weighted by Gasteiger charge is 2.57. The summed E-state index contributed by atoms with van der Waals surface area (Å²) in [6.07, 6.45) is 0.0180. The van der Waals surface area contributed by atoms with Gasteiger partial charge in [0.1, 0.15) is 12.0 Å². The minimum absolute atomic E-state index is 0.221. The Labute approximate surface area is 189 Å². The molecule has 2 aliphatic rings. The SMILES string of the molecule is CCCN1C(N2CCN(c3ccc(F)cc3)CC2)C(OC)(OC)c2ccccc2S1(=O)=O. The lowest BCUT2D eigenvalue weighted by Gasteiger charge is -2.53. The predicted octanol–water partition coefficient (Wildman–Crippen LogP) is 2.83. The molecule has 0 amide bonds. The maximum Gasteiger partial charge on any atom is 0.245 e. The zero-order valence-electron chi connectivity index (χ0n) is 18.7. The first-order chi connectivity index (χ1) is 15.4. The Hall–Kier alpha value is -2.04. The third-order valence-corrected chi connectivity index (χ3v) is 8.28. The Balaban J connectivity index is 1.71. The first-order valence-corrected chi connectivity index (χ1v) is 12.3. The second kappa shape index (κ2) is 9.07. The summed E-state index contributed by atoms with van der Waals surface area (Å²) in [6.45, 7) is 4.87. The summed E-state index contributed by atoms with van der Waals surface area (Å²) >= 11 is 0. The summed E-state index contributed by atoms with van der Waals surface area (Å²) in [6, 6.07) is 13.4. The number of sulfonamides is 1. The molecule has 1 saturated heterocycles. The Morgan fingerprint density at radius 2 is 1.62 bits per heavy atom. The average Bonchev–Trinajstić information content (AvgIpc) is 2.82. The first-order valence-electron chi connectivity index (χ1n) is 10.8. The van der Waals surface area contributed by atoms with Gasteiger partial charge in [-0.1, -0.05) is 25.1 Å². The lowest BCUT2D eigenvalue weighted by molar-refractivity contribution is -0.278. The summed E-state index contributed by atoms with van der Waals surface area (Å²) in [4.78, 5) is 4.52. The van der Waals surface area contributed by atoms with E-state index < -0.39 is 22.0 Å². The second-order valence-electron chi connectivity index (χ2n) is 8.06. The van der Waals surface area contributed by atoms with E-state index in [-0.39, 0.29) is 10.7 Å². The van der Waals surface area contributed by atoms with Gasteiger partial charge in [0.15, 0.2) is 0 Å². The third kappa shape index (κ3) is 3.72. The van der Waals surface area contributed by atoms with Gasteiger partial charge in [0.2, 0.25) is 15.8 Å². The monoisotopic (exact) mass is 463 g/mol. The van der Waals surface area contributed by atoms with Crippen LogP contribution in [0.15, 0.2) is 53.4 Å². The Morgan fingerprint density at radius 3 is 2.22 bits per heavy atom. The molecule has 4 rings (SSSR count). The van der Waals surface area contributed by atoms with Crippen molar-refractivity contribution in [3.8, 4) is 0 Å². The van der Waals surface area contributed by atoms with Crippen molar-refractivity contribution in [2.24, 2.45) is 0 Å². The molecule has 9 heteroatoms. The van der Waals surface area contributed by atoms with Crippen LogP contribution >= 0.6 is 0 Å². The molecule has 0 aliphatic carbocycles. The highest BCUT2D eigenvalue weighted by atomic mass is 32.2. The topological polar surface area (TPSA) is 62.3 Å². The van der Waals surface area contributed by atoms with E-state index in [1.54, 1.807) is 50.6 Å². The van der Waals surface area contributed by atoms with Gasteiger partial charge in [-0.3, -0.25) is 4.90 Å². The van der Waals surface area contributed by atoms with Crippen LogP contribution in [0.1, 0.15) is 18.9 Å². The number of methoxy groups -OCH3 is 2. The quantitative estimate of drug-likeness (QED) is 0.614. The number of benzene rings is 2. The molecule has 0 aromatic heterocycles. The van der Waals surface area contributed by atoms with E-state index in [0.717, 1.165) is 5.69 Å². The van der Waals surface area contributed by atoms with Gasteiger partial charge in [0.05, 0.1) is 4.90 Å². The molecule has 1 atom stereocenters. The predicted molar refractivity (Wildman–Crippen MR) is 120 cm³/mol. The fraction of sp³-hybridized carbons (Fsp3) is 0.478. The van der Waals surface area contributed by atoms with E-state index in [1.807, 2.05) is 6.92 Å². The van der Waals surface area contributed by atoms with E-state index in [4.69, 9.17) is 9.47 Å². The van der Waals surface area contributed by atoms with Gasteiger partial charge in [-0.05, 0) is 36.8 Å². The van der Waals surface area contributed by atoms with Crippen molar-refractivity contribution < 1.29 is 22.3 Å².